The highest BCUT2D eigenvalue weighted by molar-refractivity contribution is 5.82. The molecule has 0 unspecified atom stereocenters. The first-order valence-corrected chi connectivity index (χ1v) is 7.98. The van der Waals surface area contributed by atoms with E-state index in [-0.39, 0.29) is 0 Å². The van der Waals surface area contributed by atoms with Crippen LogP contribution in [-0.2, 0) is 16.0 Å². The fourth-order valence-corrected chi connectivity index (χ4v) is 2.70. The molecule has 0 fully saturated rings. The van der Waals surface area contributed by atoms with Crippen molar-refractivity contribution in [2.45, 2.75) is 19.4 Å². The Morgan fingerprint density at radius 2 is 1.88 bits per heavy atom. The van der Waals surface area contributed by atoms with Crippen LogP contribution >= 0.6 is 0 Å². The molecule has 1 atom stereocenters. The fraction of sp³-hybridized carbons (Fsp3) is 0.200. The smallest absolute Gasteiger partial charge is 0.351 e. The zero-order valence-electron chi connectivity index (χ0n) is 14.0. The van der Waals surface area contributed by atoms with Crippen molar-refractivity contribution in [1.29, 1.82) is 0 Å². The monoisotopic (exact) mass is 338 g/mol. The highest BCUT2D eigenvalue weighted by Gasteiger charge is 2.23. The number of ether oxygens (including phenoxy) is 2. The molecule has 1 aromatic heterocycles. The molecule has 3 aromatic rings. The van der Waals surface area contributed by atoms with Crippen molar-refractivity contribution in [3.8, 4) is 5.75 Å². The molecule has 0 amide bonds. The lowest BCUT2D eigenvalue weighted by molar-refractivity contribution is -0.149. The Hall–Kier alpha value is -3.08. The van der Waals surface area contributed by atoms with E-state index in [2.05, 4.69) is 0 Å². The summed E-state index contributed by atoms with van der Waals surface area (Å²) >= 11 is 0. The topological polar surface area (TPSA) is 65.7 Å². The van der Waals surface area contributed by atoms with Crippen LogP contribution in [0.25, 0.3) is 11.0 Å². The molecule has 0 N–H and O–H groups in total. The molecule has 5 nitrogen and oxygen atoms in total. The fourth-order valence-electron chi connectivity index (χ4n) is 2.70. The number of hydrogen-bond donors (Lipinski definition) is 0. The van der Waals surface area contributed by atoms with Gasteiger partial charge in [0.15, 0.2) is 0 Å². The van der Waals surface area contributed by atoms with E-state index in [0.29, 0.717) is 16.9 Å². The van der Waals surface area contributed by atoms with Crippen molar-refractivity contribution in [1.82, 2.24) is 0 Å². The van der Waals surface area contributed by atoms with Gasteiger partial charge in [-0.15, -0.1) is 0 Å². The number of esters is 1. The largest absolute Gasteiger partial charge is 0.474 e. The quantitative estimate of drug-likeness (QED) is 0.525. The maximum absolute atomic E-state index is 12.1. The van der Waals surface area contributed by atoms with E-state index in [1.807, 2.05) is 31.2 Å². The standard InChI is InChI=1S/C20H18O5/c1-3-13-11-18(21)25-17-12-15(9-10-16(13)17)24-19(20(22)23-2)14-7-5-4-6-8-14/h4-12,19H,3H2,1-2H3/t19-/m1/s1. The predicted octanol–water partition coefficient (Wildman–Crippen LogP) is 3.65. The van der Waals surface area contributed by atoms with Gasteiger partial charge in [-0.05, 0) is 24.1 Å². The molecule has 0 aliphatic carbocycles. The first kappa shape index (κ1) is 16.8. The minimum absolute atomic E-state index is 0.408. The van der Waals surface area contributed by atoms with E-state index in [9.17, 15) is 9.59 Å². The average Bonchev–Trinajstić information content (AvgIpc) is 2.65. The summed E-state index contributed by atoms with van der Waals surface area (Å²) in [6.45, 7) is 1.97. The summed E-state index contributed by atoms with van der Waals surface area (Å²) in [5.41, 5.74) is 1.61. The molecule has 0 saturated heterocycles. The van der Waals surface area contributed by atoms with Crippen molar-refractivity contribution >= 4 is 16.9 Å². The summed E-state index contributed by atoms with van der Waals surface area (Å²) in [6.07, 6.45) is -0.179. The van der Waals surface area contributed by atoms with Gasteiger partial charge in [0, 0.05) is 23.1 Å². The Kier molecular flexibility index (Phi) is 4.84. The van der Waals surface area contributed by atoms with Crippen molar-refractivity contribution in [3.05, 3.63) is 76.1 Å². The molecule has 128 valence electrons. The third-order valence-corrected chi connectivity index (χ3v) is 3.95. The second-order valence-electron chi connectivity index (χ2n) is 5.53. The summed E-state index contributed by atoms with van der Waals surface area (Å²) < 4.78 is 15.9. The van der Waals surface area contributed by atoms with Crippen LogP contribution in [0.5, 0.6) is 5.75 Å². The zero-order chi connectivity index (χ0) is 17.8. The molecule has 0 radical (unpaired) electrons. The highest BCUT2D eigenvalue weighted by Crippen LogP contribution is 2.27. The zero-order valence-corrected chi connectivity index (χ0v) is 14.0. The maximum atomic E-state index is 12.1. The van der Waals surface area contributed by atoms with Crippen molar-refractivity contribution in [2.24, 2.45) is 0 Å². The van der Waals surface area contributed by atoms with Crippen LogP contribution in [0.15, 0.2) is 63.8 Å². The van der Waals surface area contributed by atoms with Gasteiger partial charge in [-0.25, -0.2) is 9.59 Å². The van der Waals surface area contributed by atoms with E-state index in [1.54, 1.807) is 24.3 Å². The Balaban J connectivity index is 2.00. The number of methoxy groups -OCH3 is 1. The summed E-state index contributed by atoms with van der Waals surface area (Å²) in [4.78, 5) is 23.8. The van der Waals surface area contributed by atoms with Gasteiger partial charge >= 0.3 is 11.6 Å². The average molecular weight is 338 g/mol. The molecular formula is C20H18O5. The van der Waals surface area contributed by atoms with Crippen molar-refractivity contribution in [3.63, 3.8) is 0 Å². The van der Waals surface area contributed by atoms with Crippen LogP contribution in [-0.4, -0.2) is 13.1 Å². The first-order chi connectivity index (χ1) is 12.1. The van der Waals surface area contributed by atoms with Crippen LogP contribution in [0.1, 0.15) is 24.2 Å². The van der Waals surface area contributed by atoms with Crippen molar-refractivity contribution < 1.29 is 18.7 Å². The molecule has 2 aromatic carbocycles. The summed E-state index contributed by atoms with van der Waals surface area (Å²) in [5, 5.41) is 0.851. The minimum atomic E-state index is -0.898. The second kappa shape index (κ2) is 7.21. The Morgan fingerprint density at radius 1 is 1.12 bits per heavy atom. The highest BCUT2D eigenvalue weighted by atomic mass is 16.6. The Bertz CT molecular complexity index is 943. The van der Waals surface area contributed by atoms with Crippen LogP contribution in [0, 0.1) is 0 Å². The number of hydrogen-bond acceptors (Lipinski definition) is 5. The van der Waals surface area contributed by atoms with Gasteiger partial charge < -0.3 is 13.9 Å². The van der Waals surface area contributed by atoms with Crippen LogP contribution in [0.2, 0.25) is 0 Å². The number of carbonyl (C=O) groups is 1. The number of fused-ring (bicyclic) bond motifs is 1. The van der Waals surface area contributed by atoms with E-state index in [1.165, 1.54) is 13.2 Å². The molecule has 0 aliphatic heterocycles. The maximum Gasteiger partial charge on any atom is 0.351 e. The lowest BCUT2D eigenvalue weighted by Crippen LogP contribution is -2.20. The van der Waals surface area contributed by atoms with Gasteiger partial charge in [0.1, 0.15) is 11.3 Å². The predicted molar refractivity (Wildman–Crippen MR) is 93.7 cm³/mol. The summed E-state index contributed by atoms with van der Waals surface area (Å²) in [5.74, 6) is -0.0850. The van der Waals surface area contributed by atoms with Crippen LogP contribution in [0.4, 0.5) is 0 Å². The molecule has 0 aliphatic rings. The molecule has 5 heteroatoms. The second-order valence-corrected chi connectivity index (χ2v) is 5.53. The van der Waals surface area contributed by atoms with E-state index in [4.69, 9.17) is 13.9 Å². The van der Waals surface area contributed by atoms with E-state index in [0.717, 1.165) is 17.4 Å². The first-order valence-electron chi connectivity index (χ1n) is 7.98. The SMILES string of the molecule is CCc1cc(=O)oc2cc(O[C@@H](C(=O)OC)c3ccccc3)ccc12. The Morgan fingerprint density at radius 3 is 2.56 bits per heavy atom. The number of aryl methyl sites for hydroxylation is 1. The van der Waals surface area contributed by atoms with Gasteiger partial charge in [0.2, 0.25) is 6.10 Å². The van der Waals surface area contributed by atoms with E-state index < -0.39 is 17.7 Å². The van der Waals surface area contributed by atoms with Gasteiger partial charge in [0.25, 0.3) is 0 Å². The van der Waals surface area contributed by atoms with E-state index >= 15 is 0 Å². The van der Waals surface area contributed by atoms with Gasteiger partial charge in [-0.3, -0.25) is 0 Å². The van der Waals surface area contributed by atoms with Crippen LogP contribution < -0.4 is 10.4 Å². The lowest BCUT2D eigenvalue weighted by atomic mass is 10.1. The molecule has 1 heterocycles. The van der Waals surface area contributed by atoms with Gasteiger partial charge in [-0.1, -0.05) is 37.3 Å². The third kappa shape index (κ3) is 3.55. The Labute approximate surface area is 144 Å². The molecular weight excluding hydrogens is 320 g/mol. The number of rotatable bonds is 5. The van der Waals surface area contributed by atoms with Crippen molar-refractivity contribution in [2.75, 3.05) is 7.11 Å². The van der Waals surface area contributed by atoms with Gasteiger partial charge in [0.05, 0.1) is 7.11 Å². The number of carbonyl (C=O) groups excluding carboxylic acids is 1. The molecule has 0 bridgehead atoms. The summed E-state index contributed by atoms with van der Waals surface area (Å²) in [6, 6.07) is 15.8. The van der Waals surface area contributed by atoms with Gasteiger partial charge in [-0.2, -0.15) is 0 Å². The third-order valence-electron chi connectivity index (χ3n) is 3.95. The lowest BCUT2D eigenvalue weighted by Gasteiger charge is -2.17. The molecule has 0 spiro atoms. The molecule has 0 saturated carbocycles. The minimum Gasteiger partial charge on any atom is -0.474 e. The number of benzene rings is 2. The molecule has 25 heavy (non-hydrogen) atoms. The van der Waals surface area contributed by atoms with Crippen LogP contribution in [0.3, 0.4) is 0 Å². The molecule has 3 rings (SSSR count). The summed E-state index contributed by atoms with van der Waals surface area (Å²) in [7, 11) is 1.31. The normalized spacial score (nSPS) is 11.9.